The van der Waals surface area contributed by atoms with Crippen molar-refractivity contribution < 1.29 is 59.8 Å². The Morgan fingerprint density at radius 1 is 0.852 bits per heavy atom. The molecule has 20 nitrogen and oxygen atoms in total. The van der Waals surface area contributed by atoms with Gasteiger partial charge in [-0.2, -0.15) is 0 Å². The Labute approximate surface area is 322 Å². The van der Waals surface area contributed by atoms with Crippen LogP contribution in [0.4, 0.5) is 10.5 Å². The third-order valence-corrected chi connectivity index (χ3v) is 12.3. The van der Waals surface area contributed by atoms with Crippen molar-refractivity contribution in [2.75, 3.05) is 64.2 Å². The number of amides is 2. The minimum Gasteiger partial charge on any atom is -0.480 e. The molecule has 5 rings (SSSR count). The second-order valence-corrected chi connectivity index (χ2v) is 16.3. The van der Waals surface area contributed by atoms with E-state index in [4.69, 9.17) is 27.9 Å². The number of carbonyl (C=O) groups is 6. The molecule has 4 aliphatic heterocycles. The van der Waals surface area contributed by atoms with Gasteiger partial charge < -0.3 is 31.3 Å². The summed E-state index contributed by atoms with van der Waals surface area (Å²) in [6, 6.07) is 3.68. The fourth-order valence-corrected chi connectivity index (χ4v) is 8.66. The van der Waals surface area contributed by atoms with Gasteiger partial charge in [-0.3, -0.25) is 4.79 Å². The fraction of sp³-hybridized carbons (Fsp3) is 0.594. The molecule has 4 heterocycles. The van der Waals surface area contributed by atoms with E-state index in [1.165, 1.54) is 0 Å². The maximum atomic E-state index is 12.9. The minimum absolute atomic E-state index is 0.00494. The number of nitrogens with zero attached hydrogens (tertiary/aromatic N) is 3. The zero-order chi connectivity index (χ0) is 39.2. The van der Waals surface area contributed by atoms with Gasteiger partial charge in [0.25, 0.3) is 0 Å². The summed E-state index contributed by atoms with van der Waals surface area (Å²) in [7, 11) is 0. The van der Waals surface area contributed by atoms with Crippen LogP contribution < -0.4 is 21.3 Å². The topological polar surface area (TPSA) is 269 Å². The Kier molecular flexibility index (Phi) is 16.7. The molecule has 0 aliphatic carbocycles. The Morgan fingerprint density at radius 2 is 1.48 bits per heavy atom. The maximum absolute atomic E-state index is 12.9. The van der Waals surface area contributed by atoms with Crippen LogP contribution in [0.2, 0.25) is 0 Å². The minimum atomic E-state index is -3.82. The van der Waals surface area contributed by atoms with Crippen LogP contribution in [0.5, 0.6) is 0 Å². The van der Waals surface area contributed by atoms with Crippen LogP contribution in [0.25, 0.3) is 0 Å². The molecule has 0 aromatic heterocycles. The molecule has 0 saturated carbocycles. The van der Waals surface area contributed by atoms with Crippen LogP contribution in [-0.2, 0) is 41.0 Å². The van der Waals surface area contributed by atoms with Crippen molar-refractivity contribution >= 4 is 76.2 Å². The van der Waals surface area contributed by atoms with Crippen molar-refractivity contribution in [2.45, 2.75) is 62.9 Å². The molecule has 4 fully saturated rings. The number of rotatable bonds is 15. The second kappa shape index (κ2) is 21.2. The molecule has 0 radical (unpaired) electrons. The summed E-state index contributed by atoms with van der Waals surface area (Å²) in [4.78, 5) is 77.7. The molecule has 22 heteroatoms. The summed E-state index contributed by atoms with van der Waals surface area (Å²) >= 11 is 1.59. The largest absolute Gasteiger partial charge is 0.480 e. The number of benzene rings is 1. The van der Waals surface area contributed by atoms with Gasteiger partial charge in [0.15, 0.2) is 0 Å². The smallest absolute Gasteiger partial charge is 0.326 e. The van der Waals surface area contributed by atoms with Crippen molar-refractivity contribution in [3.05, 3.63) is 29.8 Å². The molecule has 7 unspecified atom stereocenters. The second-order valence-electron chi connectivity index (χ2n) is 13.1. The molecule has 4 saturated heterocycles. The van der Waals surface area contributed by atoms with E-state index in [1.807, 2.05) is 29.2 Å². The summed E-state index contributed by atoms with van der Waals surface area (Å²) in [5, 5.41) is 48.7. The van der Waals surface area contributed by atoms with E-state index >= 15 is 0 Å². The summed E-state index contributed by atoms with van der Waals surface area (Å²) < 4.78 is 16.4. The fourth-order valence-electron chi connectivity index (χ4n) is 6.18. The number of carboxylic acids is 3. The number of nitrogens with one attached hydrogen (secondary N) is 4. The number of anilines is 1. The van der Waals surface area contributed by atoms with Gasteiger partial charge in [-0.25, -0.2) is 14.4 Å². The zero-order valence-electron chi connectivity index (χ0n) is 29.5. The van der Waals surface area contributed by atoms with E-state index < -0.39 is 78.0 Å². The summed E-state index contributed by atoms with van der Waals surface area (Å²) in [6.45, 7) is 3.38. The number of hydrogen-bond donors (Lipinski definition) is 8. The van der Waals surface area contributed by atoms with Crippen LogP contribution in [0.1, 0.15) is 37.7 Å². The Hall–Kier alpha value is -4.03. The molecule has 8 N–H and O–H groups in total. The molecule has 4 bridgehead atoms. The van der Waals surface area contributed by atoms with Gasteiger partial charge >= 0.3 is 210 Å². The maximum Gasteiger partial charge on any atom is 0.326 e. The average Bonchev–Trinajstić information content (AvgIpc) is 3.10. The van der Waals surface area contributed by atoms with Crippen LogP contribution >= 0.6 is 12.2 Å². The Bertz CT molecular complexity index is 1510. The van der Waals surface area contributed by atoms with E-state index in [9.17, 15) is 44.1 Å². The molecule has 1 aromatic carbocycles. The third-order valence-electron chi connectivity index (χ3n) is 8.99. The quantitative estimate of drug-likeness (QED) is 0.0566. The molecular weight excluding hydrogens is 790 g/mol. The van der Waals surface area contributed by atoms with Gasteiger partial charge in [0.05, 0.1) is 0 Å². The average molecular weight is 837 g/mol. The number of thiocarbonyl (C=S) groups is 1. The SMILES string of the molecule is O=C(O)CCC(NC(=O)NC(CCCCNC(=S)Nc1ccc(CC2CN3CCN4CCN2CC(=O)[O][68Ga]([O]C(=O)C3)[O]C(O)C4)cc1)C(=O)O)C(=O)O. The standard InChI is InChI=1S/C32H48N7O13S.Ga/c40-25(41)9-8-24(30(50)51)36-31(52)35-23(29(48)49)3-1-2-10-33-32(53)34-21-6-4-20(5-7-21)15-22-16-38(18-27(44)45)12-11-37(17-26(42)43)13-14-39(22)19-28(46)47;/h4-7,22-24,26,42H,1-3,8-19H2,(H,40,41)(H,44,45)(H,46,47)(H,48,49)(H,50,51)(H2,33,34,53)(H2,35,36,52);/q-1;+3/p-2/i;1-2. The Balaban J connectivity index is 1.25. The first-order chi connectivity index (χ1) is 25.7. The number of carbonyl (C=O) groups excluding carboxylic acids is 3. The van der Waals surface area contributed by atoms with Crippen LogP contribution in [0.15, 0.2) is 24.3 Å². The van der Waals surface area contributed by atoms with Gasteiger partial charge in [-0.15, -0.1) is 0 Å². The van der Waals surface area contributed by atoms with Crippen LogP contribution in [0.3, 0.4) is 0 Å². The van der Waals surface area contributed by atoms with Crippen molar-refractivity contribution in [3.8, 4) is 0 Å². The molecule has 54 heavy (non-hydrogen) atoms. The monoisotopic (exact) mass is 836 g/mol. The van der Waals surface area contributed by atoms with Crippen molar-refractivity contribution in [1.82, 2.24) is 30.7 Å². The predicted octanol–water partition coefficient (Wildman–Crippen LogP) is -1.52. The zero-order valence-corrected chi connectivity index (χ0v) is 32.8. The third kappa shape index (κ3) is 14.7. The van der Waals surface area contributed by atoms with Crippen LogP contribution in [0, 0.1) is 0 Å². The molecular formula is C32H46GaN7O13S. The summed E-state index contributed by atoms with van der Waals surface area (Å²) in [6.07, 6.45) is -0.564. The van der Waals surface area contributed by atoms with Crippen LogP contribution in [-0.4, -0.2) is 177 Å². The molecule has 1 aromatic rings. The first-order valence-electron chi connectivity index (χ1n) is 17.5. The first kappa shape index (κ1) is 42.7. The molecule has 0 spiro atoms. The van der Waals surface area contributed by atoms with Crippen molar-refractivity contribution in [2.24, 2.45) is 0 Å². The van der Waals surface area contributed by atoms with Gasteiger partial charge in [0.2, 0.25) is 0 Å². The van der Waals surface area contributed by atoms with Crippen molar-refractivity contribution in [1.29, 1.82) is 0 Å². The van der Waals surface area contributed by atoms with E-state index in [2.05, 4.69) is 31.1 Å². The number of hydrogen-bond acceptors (Lipinski definition) is 14. The number of fused-ring (bicyclic) bond motifs is 9. The number of unbranched alkanes of at least 4 members (excludes halogenated alkanes) is 1. The number of carboxylic acid groups (broad SMARTS) is 3. The van der Waals surface area contributed by atoms with Gasteiger partial charge in [0, 0.05) is 13.0 Å². The first-order valence-corrected chi connectivity index (χ1v) is 20.9. The summed E-state index contributed by atoms with van der Waals surface area (Å²) in [5.74, 6) is -5.08. The van der Waals surface area contributed by atoms with E-state index in [1.54, 1.807) is 0 Å². The number of aliphatic carboxylic acids is 3. The Morgan fingerprint density at radius 3 is 2.15 bits per heavy atom. The van der Waals surface area contributed by atoms with Gasteiger partial charge in [-0.1, -0.05) is 0 Å². The van der Waals surface area contributed by atoms with Crippen molar-refractivity contribution in [3.63, 3.8) is 0 Å². The van der Waals surface area contributed by atoms with E-state index in [0.717, 1.165) is 11.3 Å². The van der Waals surface area contributed by atoms with Gasteiger partial charge in [-0.05, 0) is 37.9 Å². The predicted molar refractivity (Wildman–Crippen MR) is 193 cm³/mol. The number of urea groups is 1. The number of aliphatic hydroxyl groups excluding tert-OH is 1. The summed E-state index contributed by atoms with van der Waals surface area (Å²) in [5.41, 5.74) is 1.71. The number of aliphatic hydroxyl groups is 1. The van der Waals surface area contributed by atoms with E-state index in [-0.39, 0.29) is 38.5 Å². The van der Waals surface area contributed by atoms with Gasteiger partial charge in [0.1, 0.15) is 12.1 Å². The molecule has 2 amide bonds. The molecule has 4 aliphatic rings. The normalized spacial score (nSPS) is 24.1. The molecule has 7 atom stereocenters. The van der Waals surface area contributed by atoms with E-state index in [0.29, 0.717) is 63.6 Å². The molecule has 296 valence electrons.